The highest BCUT2D eigenvalue weighted by Gasteiger charge is 2.16. The average molecular weight is 242 g/mol. The summed E-state index contributed by atoms with van der Waals surface area (Å²) < 4.78 is 6.15. The molecule has 0 spiro atoms. The summed E-state index contributed by atoms with van der Waals surface area (Å²) >= 11 is 0. The summed E-state index contributed by atoms with van der Waals surface area (Å²) in [6, 6.07) is 10.2. The molecule has 94 valence electrons. The fourth-order valence-corrected chi connectivity index (χ4v) is 2.47. The number of hydrogen-bond acceptors (Lipinski definition) is 3. The molecular weight excluding hydrogens is 224 g/mol. The van der Waals surface area contributed by atoms with E-state index in [-0.39, 0.29) is 6.10 Å². The van der Waals surface area contributed by atoms with Crippen LogP contribution in [-0.4, -0.2) is 24.2 Å². The maximum absolute atomic E-state index is 6.15. The Kier molecular flexibility index (Phi) is 3.15. The molecule has 18 heavy (non-hydrogen) atoms. The number of nitrogens with zero attached hydrogens (tertiary/aromatic N) is 1. The van der Waals surface area contributed by atoms with Crippen molar-refractivity contribution < 1.29 is 4.74 Å². The molecule has 0 bridgehead atoms. The van der Waals surface area contributed by atoms with E-state index >= 15 is 0 Å². The minimum Gasteiger partial charge on any atom is -0.488 e. The molecule has 1 aromatic heterocycles. The Bertz CT molecular complexity index is 547. The minimum atomic E-state index is 0.281. The van der Waals surface area contributed by atoms with Gasteiger partial charge in [-0.05, 0) is 38.4 Å². The normalized spacial score (nSPS) is 19.9. The van der Waals surface area contributed by atoms with Crippen molar-refractivity contribution in [2.75, 3.05) is 13.1 Å². The third-order valence-electron chi connectivity index (χ3n) is 3.35. The van der Waals surface area contributed by atoms with Gasteiger partial charge < -0.3 is 10.1 Å². The molecule has 1 aliphatic heterocycles. The number of aromatic nitrogens is 1. The second kappa shape index (κ2) is 4.94. The second-order valence-corrected chi connectivity index (χ2v) is 4.87. The molecule has 3 nitrogen and oxygen atoms in total. The lowest BCUT2D eigenvalue weighted by molar-refractivity contribution is 0.169. The van der Waals surface area contributed by atoms with Crippen LogP contribution in [0.1, 0.15) is 18.5 Å². The van der Waals surface area contributed by atoms with Crippen molar-refractivity contribution >= 4 is 10.9 Å². The number of rotatable bonds is 2. The molecule has 1 saturated heterocycles. The predicted octanol–water partition coefficient (Wildman–Crippen LogP) is 2.67. The fraction of sp³-hybridized carbons (Fsp3) is 0.400. The van der Waals surface area contributed by atoms with E-state index in [1.54, 1.807) is 0 Å². The zero-order valence-corrected chi connectivity index (χ0v) is 10.6. The van der Waals surface area contributed by atoms with Crippen LogP contribution < -0.4 is 10.1 Å². The molecule has 3 rings (SSSR count). The summed E-state index contributed by atoms with van der Waals surface area (Å²) in [5.74, 6) is 0.965. The first-order valence-corrected chi connectivity index (χ1v) is 6.57. The smallest absolute Gasteiger partial charge is 0.130 e. The Morgan fingerprint density at radius 2 is 2.22 bits per heavy atom. The molecule has 1 aliphatic rings. The van der Waals surface area contributed by atoms with E-state index in [9.17, 15) is 0 Å². The molecule has 0 radical (unpaired) electrons. The van der Waals surface area contributed by atoms with E-state index in [0.717, 1.165) is 41.9 Å². The van der Waals surface area contributed by atoms with E-state index in [4.69, 9.17) is 4.74 Å². The fourth-order valence-electron chi connectivity index (χ4n) is 2.47. The molecule has 1 aromatic carbocycles. The molecule has 1 atom stereocenters. The second-order valence-electron chi connectivity index (χ2n) is 4.87. The quantitative estimate of drug-likeness (QED) is 0.879. The Balaban J connectivity index is 1.94. The van der Waals surface area contributed by atoms with Gasteiger partial charge in [-0.2, -0.15) is 0 Å². The number of nitrogens with one attached hydrogen (secondary N) is 1. The molecule has 0 amide bonds. The number of para-hydroxylation sites is 1. The number of ether oxygens (including phenoxy) is 1. The van der Waals surface area contributed by atoms with Gasteiger partial charge >= 0.3 is 0 Å². The van der Waals surface area contributed by atoms with Crippen LogP contribution in [-0.2, 0) is 0 Å². The number of benzene rings is 1. The molecule has 2 aromatic rings. The molecular formula is C15H18N2O. The van der Waals surface area contributed by atoms with Gasteiger partial charge in [0.05, 0.1) is 5.52 Å². The molecule has 0 saturated carbocycles. The standard InChI is InChI=1S/C15H18N2O/c1-11-9-15(18-12-5-4-8-16-10-12)13-6-2-3-7-14(13)17-11/h2-3,6-7,9,12,16H,4-5,8,10H2,1H3/t12-/m0/s1. The number of hydrogen-bond donors (Lipinski definition) is 1. The van der Waals surface area contributed by atoms with Crippen molar-refractivity contribution in [2.45, 2.75) is 25.9 Å². The van der Waals surface area contributed by atoms with E-state index in [2.05, 4.69) is 16.4 Å². The van der Waals surface area contributed by atoms with Gasteiger partial charge in [0, 0.05) is 23.7 Å². The highest BCUT2D eigenvalue weighted by atomic mass is 16.5. The van der Waals surface area contributed by atoms with Crippen LogP contribution >= 0.6 is 0 Å². The summed E-state index contributed by atoms with van der Waals surface area (Å²) in [5.41, 5.74) is 2.02. The molecule has 0 unspecified atom stereocenters. The van der Waals surface area contributed by atoms with Crippen LogP contribution in [0.2, 0.25) is 0 Å². The first-order valence-electron chi connectivity index (χ1n) is 6.57. The number of pyridine rings is 1. The van der Waals surface area contributed by atoms with E-state index < -0.39 is 0 Å². The first-order chi connectivity index (χ1) is 8.83. The van der Waals surface area contributed by atoms with Crippen LogP contribution in [0, 0.1) is 6.92 Å². The molecule has 1 N–H and O–H groups in total. The lowest BCUT2D eigenvalue weighted by Crippen LogP contribution is -2.37. The zero-order chi connectivity index (χ0) is 12.4. The van der Waals surface area contributed by atoms with Gasteiger partial charge in [0.2, 0.25) is 0 Å². The highest BCUT2D eigenvalue weighted by molar-refractivity contribution is 5.85. The van der Waals surface area contributed by atoms with E-state index in [1.165, 1.54) is 6.42 Å². The van der Waals surface area contributed by atoms with Crippen LogP contribution in [0.25, 0.3) is 10.9 Å². The Morgan fingerprint density at radius 1 is 1.33 bits per heavy atom. The van der Waals surface area contributed by atoms with Crippen molar-refractivity contribution in [3.63, 3.8) is 0 Å². The minimum absolute atomic E-state index is 0.281. The van der Waals surface area contributed by atoms with Crippen LogP contribution in [0.15, 0.2) is 30.3 Å². The summed E-state index contributed by atoms with van der Waals surface area (Å²) in [6.45, 7) is 4.06. The average Bonchev–Trinajstić information content (AvgIpc) is 2.40. The summed E-state index contributed by atoms with van der Waals surface area (Å²) in [5, 5.41) is 4.48. The van der Waals surface area contributed by atoms with Gasteiger partial charge in [-0.1, -0.05) is 12.1 Å². The predicted molar refractivity (Wildman–Crippen MR) is 73.0 cm³/mol. The van der Waals surface area contributed by atoms with Crippen LogP contribution in [0.5, 0.6) is 5.75 Å². The van der Waals surface area contributed by atoms with Gasteiger partial charge in [-0.3, -0.25) is 4.98 Å². The summed E-state index contributed by atoms with van der Waals surface area (Å²) in [7, 11) is 0. The Morgan fingerprint density at radius 3 is 3.06 bits per heavy atom. The summed E-state index contributed by atoms with van der Waals surface area (Å²) in [6.07, 6.45) is 2.60. The van der Waals surface area contributed by atoms with E-state index in [1.807, 2.05) is 31.2 Å². The highest BCUT2D eigenvalue weighted by Crippen LogP contribution is 2.27. The first kappa shape index (κ1) is 11.5. The maximum atomic E-state index is 6.15. The van der Waals surface area contributed by atoms with Crippen LogP contribution in [0.3, 0.4) is 0 Å². The number of aryl methyl sites for hydroxylation is 1. The SMILES string of the molecule is Cc1cc(O[C@H]2CCCNC2)c2ccccc2n1. The third kappa shape index (κ3) is 2.31. The third-order valence-corrected chi connectivity index (χ3v) is 3.35. The zero-order valence-electron chi connectivity index (χ0n) is 10.6. The molecule has 0 aliphatic carbocycles. The van der Waals surface area contributed by atoms with Crippen molar-refractivity contribution in [2.24, 2.45) is 0 Å². The molecule has 3 heteroatoms. The summed E-state index contributed by atoms with van der Waals surface area (Å²) in [4.78, 5) is 4.53. The van der Waals surface area contributed by atoms with Gasteiger partial charge in [0.25, 0.3) is 0 Å². The van der Waals surface area contributed by atoms with Gasteiger partial charge in [-0.15, -0.1) is 0 Å². The largest absolute Gasteiger partial charge is 0.488 e. The monoisotopic (exact) mass is 242 g/mol. The Hall–Kier alpha value is -1.61. The number of piperidine rings is 1. The van der Waals surface area contributed by atoms with Crippen molar-refractivity contribution in [3.8, 4) is 5.75 Å². The van der Waals surface area contributed by atoms with Crippen molar-refractivity contribution in [3.05, 3.63) is 36.0 Å². The Labute approximate surface area is 107 Å². The van der Waals surface area contributed by atoms with Gasteiger partial charge in [0.15, 0.2) is 0 Å². The van der Waals surface area contributed by atoms with Crippen molar-refractivity contribution in [1.29, 1.82) is 0 Å². The van der Waals surface area contributed by atoms with Crippen molar-refractivity contribution in [1.82, 2.24) is 10.3 Å². The van der Waals surface area contributed by atoms with E-state index in [0.29, 0.717) is 0 Å². The lowest BCUT2D eigenvalue weighted by Gasteiger charge is -2.24. The van der Waals surface area contributed by atoms with Gasteiger partial charge in [0.1, 0.15) is 11.9 Å². The maximum Gasteiger partial charge on any atom is 0.130 e. The lowest BCUT2D eigenvalue weighted by atomic mass is 10.1. The van der Waals surface area contributed by atoms with Gasteiger partial charge in [-0.25, -0.2) is 0 Å². The van der Waals surface area contributed by atoms with Crippen LogP contribution in [0.4, 0.5) is 0 Å². The molecule has 1 fully saturated rings. The topological polar surface area (TPSA) is 34.1 Å². The molecule has 2 heterocycles. The number of fused-ring (bicyclic) bond motifs is 1.